The van der Waals surface area contributed by atoms with Crippen LogP contribution in [-0.2, 0) is 9.53 Å². The summed E-state index contributed by atoms with van der Waals surface area (Å²) in [4.78, 5) is 24.4. The highest BCUT2D eigenvalue weighted by Crippen LogP contribution is 2.23. The first kappa shape index (κ1) is 17.5. The van der Waals surface area contributed by atoms with Gasteiger partial charge in [0, 0.05) is 6.04 Å². The maximum atomic E-state index is 12.3. The van der Waals surface area contributed by atoms with E-state index in [9.17, 15) is 9.59 Å². The van der Waals surface area contributed by atoms with Gasteiger partial charge in [0.05, 0.1) is 5.56 Å². The Balaban J connectivity index is 1.92. The van der Waals surface area contributed by atoms with Crippen LogP contribution in [0.5, 0.6) is 0 Å². The van der Waals surface area contributed by atoms with E-state index in [0.29, 0.717) is 11.5 Å². The molecular formula is C19H27NO3. The van der Waals surface area contributed by atoms with Crippen LogP contribution in [0.3, 0.4) is 0 Å². The molecule has 4 nitrogen and oxygen atoms in total. The van der Waals surface area contributed by atoms with Crippen LogP contribution in [0.25, 0.3) is 0 Å². The van der Waals surface area contributed by atoms with E-state index in [1.807, 2.05) is 19.9 Å². The number of benzene rings is 1. The van der Waals surface area contributed by atoms with Crippen LogP contribution >= 0.6 is 0 Å². The smallest absolute Gasteiger partial charge is 0.338 e. The molecule has 1 N–H and O–H groups in total. The lowest BCUT2D eigenvalue weighted by Gasteiger charge is -2.30. The minimum absolute atomic E-state index is 0.194. The van der Waals surface area contributed by atoms with Gasteiger partial charge in [0.2, 0.25) is 0 Å². The number of amides is 1. The van der Waals surface area contributed by atoms with Crippen molar-refractivity contribution in [3.05, 3.63) is 34.9 Å². The molecule has 1 amide bonds. The summed E-state index contributed by atoms with van der Waals surface area (Å²) in [6.07, 6.45) is 3.74. The number of carbonyl (C=O) groups excluding carboxylic acids is 2. The number of hydrogen-bond donors (Lipinski definition) is 1. The lowest BCUT2D eigenvalue weighted by Crippen LogP contribution is -2.45. The molecule has 1 fully saturated rings. The summed E-state index contributed by atoms with van der Waals surface area (Å²) in [5.74, 6) is -0.177. The molecule has 0 aromatic heterocycles. The second-order valence-corrected chi connectivity index (χ2v) is 6.72. The molecule has 1 saturated carbocycles. The Morgan fingerprint density at radius 3 is 2.52 bits per heavy atom. The van der Waals surface area contributed by atoms with Crippen LogP contribution in [0, 0.1) is 19.8 Å². The molecule has 1 aliphatic rings. The molecule has 1 aromatic carbocycles. The fraction of sp³-hybridized carbons (Fsp3) is 0.579. The van der Waals surface area contributed by atoms with Crippen molar-refractivity contribution in [3.8, 4) is 0 Å². The number of carbonyl (C=O) groups is 2. The van der Waals surface area contributed by atoms with E-state index in [-0.39, 0.29) is 11.9 Å². The van der Waals surface area contributed by atoms with Gasteiger partial charge in [0.25, 0.3) is 5.91 Å². The molecule has 23 heavy (non-hydrogen) atoms. The molecule has 0 bridgehead atoms. The normalized spacial score (nSPS) is 22.3. The topological polar surface area (TPSA) is 55.4 Å². The summed E-state index contributed by atoms with van der Waals surface area (Å²) in [6, 6.07) is 5.61. The van der Waals surface area contributed by atoms with Crippen molar-refractivity contribution in [1.82, 2.24) is 5.32 Å². The molecule has 0 unspecified atom stereocenters. The lowest BCUT2D eigenvalue weighted by molar-refractivity contribution is -0.130. The van der Waals surface area contributed by atoms with Crippen LogP contribution in [0.4, 0.5) is 0 Å². The van der Waals surface area contributed by atoms with Gasteiger partial charge in [-0.25, -0.2) is 4.79 Å². The van der Waals surface area contributed by atoms with Gasteiger partial charge >= 0.3 is 5.97 Å². The van der Waals surface area contributed by atoms with Gasteiger partial charge in [0.1, 0.15) is 0 Å². The third-order valence-corrected chi connectivity index (χ3v) is 4.83. The fourth-order valence-electron chi connectivity index (χ4n) is 2.98. The standard InChI is InChI=1S/C19H27NO3/c1-12-9-10-16(11-14(12)3)19(22)23-15(4)18(21)20-17-8-6-5-7-13(17)2/h9-11,13,15,17H,5-8H2,1-4H3,(H,20,21)/t13-,15-,17+/m0/s1. The minimum Gasteiger partial charge on any atom is -0.449 e. The van der Waals surface area contributed by atoms with Crippen LogP contribution in [-0.4, -0.2) is 24.0 Å². The van der Waals surface area contributed by atoms with Gasteiger partial charge in [-0.15, -0.1) is 0 Å². The first-order valence-corrected chi connectivity index (χ1v) is 8.47. The SMILES string of the molecule is Cc1ccc(C(=O)O[C@@H](C)C(=O)N[C@@H]2CCCC[C@@H]2C)cc1C. The Labute approximate surface area is 138 Å². The molecule has 0 spiro atoms. The van der Waals surface area contributed by atoms with Crippen molar-refractivity contribution in [2.75, 3.05) is 0 Å². The molecule has 1 aromatic rings. The van der Waals surface area contributed by atoms with Gasteiger partial charge in [0.15, 0.2) is 6.10 Å². The summed E-state index contributed by atoms with van der Waals surface area (Å²) in [5, 5.41) is 3.03. The van der Waals surface area contributed by atoms with Gasteiger partial charge < -0.3 is 10.1 Å². The minimum atomic E-state index is -0.779. The number of ether oxygens (including phenoxy) is 1. The monoisotopic (exact) mass is 317 g/mol. The van der Waals surface area contributed by atoms with Crippen molar-refractivity contribution < 1.29 is 14.3 Å². The molecule has 0 heterocycles. The van der Waals surface area contributed by atoms with E-state index in [4.69, 9.17) is 4.74 Å². The number of esters is 1. The third-order valence-electron chi connectivity index (χ3n) is 4.83. The Morgan fingerprint density at radius 2 is 1.87 bits per heavy atom. The molecule has 1 aliphatic carbocycles. The zero-order valence-corrected chi connectivity index (χ0v) is 14.5. The molecule has 126 valence electrons. The molecule has 0 saturated heterocycles. The zero-order valence-electron chi connectivity index (χ0n) is 14.5. The third kappa shape index (κ3) is 4.57. The van der Waals surface area contributed by atoms with Crippen molar-refractivity contribution in [2.45, 2.75) is 65.5 Å². The molecular weight excluding hydrogens is 290 g/mol. The second-order valence-electron chi connectivity index (χ2n) is 6.72. The highest BCUT2D eigenvalue weighted by molar-refractivity contribution is 5.92. The quantitative estimate of drug-likeness (QED) is 0.864. The Kier molecular flexibility index (Phi) is 5.80. The average molecular weight is 317 g/mol. The van der Waals surface area contributed by atoms with Gasteiger partial charge in [-0.3, -0.25) is 4.79 Å². The Morgan fingerprint density at radius 1 is 1.17 bits per heavy atom. The van der Waals surface area contributed by atoms with Crippen molar-refractivity contribution in [3.63, 3.8) is 0 Å². The van der Waals surface area contributed by atoms with Crippen molar-refractivity contribution in [2.24, 2.45) is 5.92 Å². The predicted octanol–water partition coefficient (Wildman–Crippen LogP) is 3.54. The first-order chi connectivity index (χ1) is 10.9. The van der Waals surface area contributed by atoms with Gasteiger partial charge in [-0.2, -0.15) is 0 Å². The van der Waals surface area contributed by atoms with E-state index < -0.39 is 12.1 Å². The fourth-order valence-corrected chi connectivity index (χ4v) is 2.98. The number of nitrogens with one attached hydrogen (secondary N) is 1. The Bertz CT molecular complexity index is 582. The first-order valence-electron chi connectivity index (χ1n) is 8.47. The van der Waals surface area contributed by atoms with E-state index in [0.717, 1.165) is 30.4 Å². The van der Waals surface area contributed by atoms with Gasteiger partial charge in [-0.05, 0) is 62.8 Å². The maximum Gasteiger partial charge on any atom is 0.338 e. The van der Waals surface area contributed by atoms with Crippen molar-refractivity contribution in [1.29, 1.82) is 0 Å². The lowest BCUT2D eigenvalue weighted by atomic mass is 9.86. The molecule has 4 heteroatoms. The average Bonchev–Trinajstić information content (AvgIpc) is 2.52. The largest absolute Gasteiger partial charge is 0.449 e. The van der Waals surface area contributed by atoms with E-state index >= 15 is 0 Å². The van der Waals surface area contributed by atoms with Crippen molar-refractivity contribution >= 4 is 11.9 Å². The number of hydrogen-bond acceptors (Lipinski definition) is 3. The van der Waals surface area contributed by atoms with Crippen LogP contribution in [0.15, 0.2) is 18.2 Å². The Hall–Kier alpha value is -1.84. The van der Waals surface area contributed by atoms with Crippen LogP contribution < -0.4 is 5.32 Å². The highest BCUT2D eigenvalue weighted by Gasteiger charge is 2.26. The highest BCUT2D eigenvalue weighted by atomic mass is 16.5. The van der Waals surface area contributed by atoms with Gasteiger partial charge in [-0.1, -0.05) is 25.8 Å². The summed E-state index contributed by atoms with van der Waals surface area (Å²) in [5.41, 5.74) is 2.64. The molecule has 2 rings (SSSR count). The zero-order chi connectivity index (χ0) is 17.0. The van der Waals surface area contributed by atoms with Crippen LogP contribution in [0.2, 0.25) is 0 Å². The summed E-state index contributed by atoms with van der Waals surface area (Å²) in [6.45, 7) is 7.73. The van der Waals surface area contributed by atoms with E-state index in [2.05, 4.69) is 12.2 Å². The number of aryl methyl sites for hydroxylation is 2. The summed E-state index contributed by atoms with van der Waals surface area (Å²) >= 11 is 0. The predicted molar refractivity (Wildman–Crippen MR) is 90.4 cm³/mol. The summed E-state index contributed by atoms with van der Waals surface area (Å²) < 4.78 is 5.32. The van der Waals surface area contributed by atoms with E-state index in [1.54, 1.807) is 19.1 Å². The molecule has 0 aliphatic heterocycles. The molecule has 0 radical (unpaired) electrons. The summed E-state index contributed by atoms with van der Waals surface area (Å²) in [7, 11) is 0. The molecule has 3 atom stereocenters. The maximum absolute atomic E-state index is 12.3. The second kappa shape index (κ2) is 7.62. The number of rotatable bonds is 4. The van der Waals surface area contributed by atoms with Crippen LogP contribution in [0.1, 0.15) is 61.0 Å². The van der Waals surface area contributed by atoms with E-state index in [1.165, 1.54) is 6.42 Å².